The lowest BCUT2D eigenvalue weighted by molar-refractivity contribution is 0.254. The van der Waals surface area contributed by atoms with Gasteiger partial charge >= 0.3 is 0 Å². The summed E-state index contributed by atoms with van der Waals surface area (Å²) in [7, 11) is 0. The van der Waals surface area contributed by atoms with Gasteiger partial charge in [-0.15, -0.1) is 11.8 Å². The minimum atomic E-state index is 0.327. The van der Waals surface area contributed by atoms with Crippen LogP contribution in [0.15, 0.2) is 24.3 Å². The number of hydrogen-bond acceptors (Lipinski definition) is 0. The summed E-state index contributed by atoms with van der Waals surface area (Å²) in [5.74, 6) is 9.19. The molecule has 0 radical (unpaired) electrons. The maximum atomic E-state index is 3.09. The van der Waals surface area contributed by atoms with Gasteiger partial charge in [0.25, 0.3) is 0 Å². The van der Waals surface area contributed by atoms with Crippen molar-refractivity contribution in [2.45, 2.75) is 159 Å². The third-order valence-electron chi connectivity index (χ3n) is 5.84. The highest BCUT2D eigenvalue weighted by Gasteiger charge is 2.50. The van der Waals surface area contributed by atoms with Crippen LogP contribution < -0.4 is 0 Å². The number of rotatable bonds is 0. The van der Waals surface area contributed by atoms with Gasteiger partial charge in [-0.25, -0.2) is 0 Å². The molecule has 0 aromatic rings. The molecule has 0 N–H and O–H groups in total. The van der Waals surface area contributed by atoms with E-state index in [4.69, 9.17) is 0 Å². The highest BCUT2D eigenvalue weighted by Crippen LogP contribution is 2.58. The van der Waals surface area contributed by atoms with Gasteiger partial charge in [0.05, 0.1) is 0 Å². The van der Waals surface area contributed by atoms with E-state index in [9.17, 15) is 0 Å². The van der Waals surface area contributed by atoms with Gasteiger partial charge in [-0.3, -0.25) is 0 Å². The molecular weight excluding hydrogens is 468 g/mol. The zero-order valence-electron chi connectivity index (χ0n) is 31.3. The van der Waals surface area contributed by atoms with Crippen molar-refractivity contribution in [2.75, 3.05) is 0 Å². The largest absolute Gasteiger partial charge is 0.100 e. The molecule has 232 valence electrons. The average Bonchev–Trinajstić information content (AvgIpc) is 3.44. The molecule has 39 heavy (non-hydrogen) atoms. The van der Waals surface area contributed by atoms with Crippen LogP contribution in [0.4, 0.5) is 0 Å². The summed E-state index contributed by atoms with van der Waals surface area (Å²) >= 11 is 0. The second-order valence-corrected chi connectivity index (χ2v) is 18.9. The molecule has 1 unspecified atom stereocenters. The third kappa shape index (κ3) is 35.0. The minimum Gasteiger partial charge on any atom is -0.100 e. The Morgan fingerprint density at radius 3 is 0.667 bits per heavy atom. The van der Waals surface area contributed by atoms with Gasteiger partial charge in [0.2, 0.25) is 0 Å². The van der Waals surface area contributed by atoms with E-state index in [1.807, 2.05) is 0 Å². The summed E-state index contributed by atoms with van der Waals surface area (Å²) < 4.78 is 0. The summed E-state index contributed by atoms with van der Waals surface area (Å²) in [5.41, 5.74) is 2.39. The molecule has 2 atom stereocenters. The van der Waals surface area contributed by atoms with E-state index in [-0.39, 0.29) is 0 Å². The smallest absolute Gasteiger partial charge is 0.0146 e. The van der Waals surface area contributed by atoms with Gasteiger partial charge in [-0.2, -0.15) is 0 Å². The Bertz CT molecular complexity index is 649. The van der Waals surface area contributed by atoms with Crippen molar-refractivity contribution >= 4 is 0 Å². The first kappa shape index (κ1) is 42.5. The zero-order valence-corrected chi connectivity index (χ0v) is 31.3. The lowest BCUT2D eigenvalue weighted by Crippen LogP contribution is -2.16. The van der Waals surface area contributed by atoms with Crippen molar-refractivity contribution in [1.82, 2.24) is 0 Å². The van der Waals surface area contributed by atoms with E-state index in [0.717, 1.165) is 11.8 Å². The van der Waals surface area contributed by atoms with Gasteiger partial charge in [-0.05, 0) is 50.7 Å². The van der Waals surface area contributed by atoms with E-state index < -0.39 is 0 Å². The molecule has 0 amide bonds. The molecule has 0 aliphatic heterocycles. The maximum Gasteiger partial charge on any atom is 0.0146 e. The molecule has 0 heterocycles. The van der Waals surface area contributed by atoms with E-state index in [0.29, 0.717) is 44.3 Å². The van der Waals surface area contributed by atoms with E-state index in [1.165, 1.54) is 6.42 Å². The van der Waals surface area contributed by atoms with Crippen molar-refractivity contribution in [3.05, 3.63) is 24.3 Å². The first-order valence-electron chi connectivity index (χ1n) is 15.7. The van der Waals surface area contributed by atoms with Gasteiger partial charge in [-0.1, -0.05) is 177 Å². The number of allylic oxidation sites excluding steroid dienone is 4. The Morgan fingerprint density at radius 2 is 0.590 bits per heavy atom. The van der Waals surface area contributed by atoms with Crippen LogP contribution in [0.5, 0.6) is 0 Å². The molecule has 0 spiro atoms. The summed E-state index contributed by atoms with van der Waals surface area (Å²) in [6.45, 7) is 49.2. The molecule has 1 rings (SSSR count). The van der Waals surface area contributed by atoms with Gasteiger partial charge in [0.15, 0.2) is 0 Å². The second-order valence-electron chi connectivity index (χ2n) is 18.9. The van der Waals surface area contributed by atoms with Crippen molar-refractivity contribution in [3.63, 3.8) is 0 Å². The van der Waals surface area contributed by atoms with Gasteiger partial charge < -0.3 is 0 Å². The fourth-order valence-electron chi connectivity index (χ4n) is 3.44. The Balaban J connectivity index is -0.000000446. The molecule has 0 heteroatoms. The fraction of sp³-hybridized carbons (Fsp3) is 0.846. The second kappa shape index (κ2) is 16.5. The molecular formula is C39H76. The Hall–Kier alpha value is -0.960. The van der Waals surface area contributed by atoms with Crippen LogP contribution >= 0.6 is 0 Å². The monoisotopic (exact) mass is 545 g/mol. The van der Waals surface area contributed by atoms with Gasteiger partial charge in [0.1, 0.15) is 0 Å². The zero-order chi connectivity index (χ0) is 32.3. The van der Waals surface area contributed by atoms with E-state index in [2.05, 4.69) is 188 Å². The molecule has 1 fully saturated rings. The topological polar surface area (TPSA) is 0 Å². The molecule has 1 saturated carbocycles. The van der Waals surface area contributed by atoms with Crippen LogP contribution in [0.3, 0.4) is 0 Å². The number of hydrogen-bond donors (Lipinski definition) is 0. The Kier molecular flexibility index (Phi) is 18.0. The summed E-state index contributed by atoms with van der Waals surface area (Å²) in [6, 6.07) is 0. The highest BCUT2D eigenvalue weighted by molar-refractivity contribution is 5.03. The molecule has 0 aromatic carbocycles. The lowest BCUT2D eigenvalue weighted by atomic mass is 9.81. The van der Waals surface area contributed by atoms with E-state index in [1.54, 1.807) is 0 Å². The van der Waals surface area contributed by atoms with Crippen LogP contribution in [-0.2, 0) is 0 Å². The first-order valence-corrected chi connectivity index (χ1v) is 15.7. The highest BCUT2D eigenvalue weighted by atomic mass is 14.5. The summed E-state index contributed by atoms with van der Waals surface area (Å²) in [6.07, 6.45) is 10.5. The van der Waals surface area contributed by atoms with Gasteiger partial charge in [0, 0.05) is 11.8 Å². The summed E-state index contributed by atoms with van der Waals surface area (Å²) in [4.78, 5) is 0. The quantitative estimate of drug-likeness (QED) is 0.210. The standard InChI is InChI=1S/C11H22.2C10H20.C8H14/c1-10(2,3)8-7-9(8)11(4,5)6;2*1-9(2,3)7-8-10(4,5)6;1-7(2)5-6-8(3)4/h8-9H,7H2,1-6H3;2*7-8H,1-6H3;7-8H,1-4H3/b;8-7+;8-7-;/t8-,9?;;;/m1.../s1. The predicted octanol–water partition coefficient (Wildman–Crippen LogP) is 13.3. The van der Waals surface area contributed by atoms with Crippen molar-refractivity contribution in [2.24, 2.45) is 56.2 Å². The normalized spacial score (nSPS) is 18.5. The first-order chi connectivity index (χ1) is 16.8. The minimum absolute atomic E-state index is 0.327. The predicted molar refractivity (Wildman–Crippen MR) is 184 cm³/mol. The Morgan fingerprint density at radius 1 is 0.410 bits per heavy atom. The van der Waals surface area contributed by atoms with Crippen LogP contribution in [-0.4, -0.2) is 0 Å². The van der Waals surface area contributed by atoms with Crippen LogP contribution in [0.25, 0.3) is 0 Å². The average molecular weight is 545 g/mol. The molecule has 0 saturated heterocycles. The molecule has 0 aromatic heterocycles. The van der Waals surface area contributed by atoms with Crippen molar-refractivity contribution in [1.29, 1.82) is 0 Å². The Labute approximate surface area is 250 Å². The maximum absolute atomic E-state index is 3.09. The molecule has 0 nitrogen and oxygen atoms in total. The lowest BCUT2D eigenvalue weighted by Gasteiger charge is -2.24. The van der Waals surface area contributed by atoms with Crippen molar-refractivity contribution in [3.8, 4) is 11.8 Å². The van der Waals surface area contributed by atoms with E-state index >= 15 is 0 Å². The van der Waals surface area contributed by atoms with Crippen LogP contribution in [0.2, 0.25) is 0 Å². The summed E-state index contributed by atoms with van der Waals surface area (Å²) in [5, 5.41) is 0. The van der Waals surface area contributed by atoms with Crippen molar-refractivity contribution < 1.29 is 0 Å². The molecule has 1 aliphatic rings. The third-order valence-corrected chi connectivity index (χ3v) is 5.84. The molecule has 1 aliphatic carbocycles. The van der Waals surface area contributed by atoms with Crippen LogP contribution in [0, 0.1) is 68.0 Å². The van der Waals surface area contributed by atoms with Crippen LogP contribution in [0.1, 0.15) is 159 Å². The fourth-order valence-corrected chi connectivity index (χ4v) is 3.44. The SMILES string of the molecule is CC(C)(C)/C=C/C(C)(C)C.CC(C)(C)/C=C\C(C)(C)C.CC(C)(C)C1C[C@H]1C(C)(C)C.CC(C)C#CC(C)C. The molecule has 0 bridgehead atoms.